The molecule has 0 N–H and O–H groups in total. The van der Waals surface area contributed by atoms with Crippen molar-refractivity contribution < 1.29 is 0 Å². The first-order valence-electron chi connectivity index (χ1n) is 9.65. The van der Waals surface area contributed by atoms with Gasteiger partial charge in [-0.25, -0.2) is 11.5 Å². The molecule has 1 aliphatic rings. The topological polar surface area (TPSA) is 0 Å². The molecule has 2 aromatic rings. The monoisotopic (exact) mass is 348 g/mol. The zero-order chi connectivity index (χ0) is 18.2. The van der Waals surface area contributed by atoms with Gasteiger partial charge in [0.05, 0.1) is 0 Å². The first kappa shape index (κ1) is 18.7. The Morgan fingerprint density at radius 1 is 0.800 bits per heavy atom. The average molecular weight is 348 g/mol. The molecule has 2 aromatic carbocycles. The van der Waals surface area contributed by atoms with Crippen LogP contribution in [-0.4, -0.2) is 12.0 Å². The van der Waals surface area contributed by atoms with Crippen molar-refractivity contribution >= 4 is 39.8 Å². The highest BCUT2D eigenvalue weighted by Crippen LogP contribution is 2.40. The predicted molar refractivity (Wildman–Crippen MR) is 119 cm³/mol. The fourth-order valence-electron chi connectivity index (χ4n) is 3.63. The van der Waals surface area contributed by atoms with Gasteiger partial charge in [0.2, 0.25) is 5.99 Å². The van der Waals surface area contributed by atoms with E-state index in [4.69, 9.17) is 0 Å². The quantitative estimate of drug-likeness (QED) is 0.711. The van der Waals surface area contributed by atoms with Crippen LogP contribution >= 0.6 is 11.5 Å². The third kappa shape index (κ3) is 3.45. The van der Waals surface area contributed by atoms with Crippen LogP contribution in [0.25, 0.3) is 0 Å². The van der Waals surface area contributed by atoms with Gasteiger partial charge in [0.15, 0.2) is 0 Å². The van der Waals surface area contributed by atoms with E-state index in [1.54, 1.807) is 5.46 Å². The van der Waals surface area contributed by atoms with E-state index < -0.39 is 0 Å². The highest BCUT2D eigenvalue weighted by molar-refractivity contribution is 8.49. The molecule has 0 spiro atoms. The lowest BCUT2D eigenvalue weighted by atomic mass is 9.45. The number of rotatable bonds is 5. The van der Waals surface area contributed by atoms with E-state index in [9.17, 15) is 0 Å². The summed E-state index contributed by atoms with van der Waals surface area (Å²) in [5.74, 6) is 1.04. The van der Waals surface area contributed by atoms with Crippen LogP contribution in [0.1, 0.15) is 59.9 Å². The summed E-state index contributed by atoms with van der Waals surface area (Å²) in [5.41, 5.74) is 6.21. The van der Waals surface area contributed by atoms with Gasteiger partial charge in [-0.15, -0.1) is 0 Å². The van der Waals surface area contributed by atoms with Crippen molar-refractivity contribution in [1.29, 1.82) is 0 Å². The van der Waals surface area contributed by atoms with Crippen molar-refractivity contribution in [2.24, 2.45) is 0 Å². The molecule has 1 heterocycles. The molecule has 0 radical (unpaired) electrons. The van der Waals surface area contributed by atoms with E-state index in [-0.39, 0.29) is 5.41 Å². The van der Waals surface area contributed by atoms with E-state index in [0.717, 1.165) is 0 Å². The second-order valence-electron chi connectivity index (χ2n) is 8.73. The first-order chi connectivity index (χ1) is 11.8. The van der Waals surface area contributed by atoms with E-state index in [0.29, 0.717) is 17.3 Å². The van der Waals surface area contributed by atoms with Gasteiger partial charge in [-0.2, -0.15) is 0 Å². The molecule has 1 aliphatic heterocycles. The van der Waals surface area contributed by atoms with Gasteiger partial charge in [-0.3, -0.25) is 0 Å². The average Bonchev–Trinajstić information content (AvgIpc) is 3.02. The molecule has 0 atom stereocenters. The van der Waals surface area contributed by atoms with Crippen molar-refractivity contribution in [1.82, 2.24) is 0 Å². The largest absolute Gasteiger partial charge is 0.263 e. The summed E-state index contributed by atoms with van der Waals surface area (Å²) in [4.78, 5) is 0. The first-order valence-corrected chi connectivity index (χ1v) is 10.6. The fraction of sp³-hybridized carbons (Fsp3) is 0.455. The number of fused-ring (bicyclic) bond motifs is 1. The van der Waals surface area contributed by atoms with Crippen LogP contribution in [0, 0.1) is 0 Å². The molecule has 0 saturated heterocycles. The van der Waals surface area contributed by atoms with Crippen LogP contribution in [0.5, 0.6) is 0 Å². The Hall–Kier alpha value is -1.08. The van der Waals surface area contributed by atoms with Crippen molar-refractivity contribution in [3.8, 4) is 0 Å². The summed E-state index contributed by atoms with van der Waals surface area (Å²) < 4.78 is 0. The maximum atomic E-state index is 2.41. The van der Waals surface area contributed by atoms with Crippen LogP contribution in [0.4, 0.5) is 0 Å². The molecule has 0 amide bonds. The highest BCUT2D eigenvalue weighted by Gasteiger charge is 2.44. The fourth-order valence-corrected chi connectivity index (χ4v) is 5.48. The minimum atomic E-state index is 0.256. The van der Waals surface area contributed by atoms with Gasteiger partial charge in [0.25, 0.3) is 5.99 Å². The summed E-state index contributed by atoms with van der Waals surface area (Å²) in [6.45, 7) is 14.1. The molecular weight excluding hydrogens is 318 g/mol. The summed E-state index contributed by atoms with van der Waals surface area (Å²) in [5, 5.41) is 0.319. The highest BCUT2D eigenvalue weighted by atomic mass is 32.2. The number of hydrogen-bond donors (Lipinski definition) is 0. The number of benzene rings is 2. The van der Waals surface area contributed by atoms with Crippen molar-refractivity contribution in [2.45, 2.75) is 65.1 Å². The maximum Gasteiger partial charge on any atom is 0.263 e. The van der Waals surface area contributed by atoms with Crippen molar-refractivity contribution in [3.63, 3.8) is 0 Å². The Balaban J connectivity index is 1.96. The second-order valence-corrected chi connectivity index (χ2v) is 9.94. The molecular formula is C22H30B2S. The molecule has 0 saturated carbocycles. The lowest BCUT2D eigenvalue weighted by Crippen LogP contribution is -2.43. The Bertz CT molecular complexity index is 734. The third-order valence-electron chi connectivity index (χ3n) is 6.33. The van der Waals surface area contributed by atoms with Gasteiger partial charge in [0.1, 0.15) is 0 Å². The second kappa shape index (κ2) is 6.91. The Labute approximate surface area is 159 Å². The Kier molecular flexibility index (Phi) is 5.17. The molecule has 0 aromatic heterocycles. The normalized spacial score (nSPS) is 14.8. The van der Waals surface area contributed by atoms with E-state index in [1.807, 2.05) is 0 Å². The number of hydrogen-bond acceptors (Lipinski definition) is 1. The van der Waals surface area contributed by atoms with Gasteiger partial charge in [-0.1, -0.05) is 113 Å². The van der Waals surface area contributed by atoms with Crippen molar-refractivity contribution in [2.75, 3.05) is 0 Å². The van der Waals surface area contributed by atoms with E-state index in [2.05, 4.69) is 102 Å². The predicted octanol–water partition coefficient (Wildman–Crippen LogP) is 4.62. The van der Waals surface area contributed by atoms with Gasteiger partial charge >= 0.3 is 0 Å². The van der Waals surface area contributed by atoms with Gasteiger partial charge in [0, 0.05) is 0 Å². The smallest absolute Gasteiger partial charge is 0.238 e. The molecule has 0 fully saturated rings. The van der Waals surface area contributed by atoms with Crippen LogP contribution in [0.3, 0.4) is 0 Å². The minimum Gasteiger partial charge on any atom is -0.238 e. The summed E-state index contributed by atoms with van der Waals surface area (Å²) in [6.07, 6.45) is 2.37. The Morgan fingerprint density at radius 2 is 1.40 bits per heavy atom. The minimum absolute atomic E-state index is 0.256. The van der Waals surface area contributed by atoms with Crippen LogP contribution in [0.2, 0.25) is 5.31 Å². The van der Waals surface area contributed by atoms with E-state index >= 15 is 0 Å². The molecule has 25 heavy (non-hydrogen) atoms. The Morgan fingerprint density at radius 3 is 1.96 bits per heavy atom. The van der Waals surface area contributed by atoms with Crippen LogP contribution < -0.4 is 16.4 Å². The zero-order valence-electron chi connectivity index (χ0n) is 16.6. The molecule has 3 rings (SSSR count). The zero-order valence-corrected chi connectivity index (χ0v) is 17.4. The molecule has 0 nitrogen and oxygen atoms in total. The molecule has 0 unspecified atom stereocenters. The lowest BCUT2D eigenvalue weighted by molar-refractivity contribution is 0.506. The van der Waals surface area contributed by atoms with Gasteiger partial charge in [-0.05, 0) is 22.7 Å². The van der Waals surface area contributed by atoms with Gasteiger partial charge < -0.3 is 0 Å². The third-order valence-corrected chi connectivity index (χ3v) is 8.30. The SMILES string of the molecule is CCC(C)(C)B1SB(c2ccc(C(C)(C)CC)cc2)c2ccccc21. The summed E-state index contributed by atoms with van der Waals surface area (Å²) in [7, 11) is 0. The van der Waals surface area contributed by atoms with E-state index in [1.165, 1.54) is 29.3 Å². The molecule has 0 aliphatic carbocycles. The summed E-state index contributed by atoms with van der Waals surface area (Å²) >= 11 is 2.14. The standard InChI is InChI=1S/C22H30B2S/c1-7-21(3,4)17-13-15-18(16-14-17)23-19-11-9-10-12-20(19)24(25-23)22(5,6)8-2/h9-16H,7-8H2,1-6H3. The molecule has 3 heteroatoms. The molecule has 130 valence electrons. The maximum absolute atomic E-state index is 2.41. The van der Waals surface area contributed by atoms with Crippen molar-refractivity contribution in [3.05, 3.63) is 54.1 Å². The summed E-state index contributed by atoms with van der Waals surface area (Å²) in [6, 6.07) is 18.5. The van der Waals surface area contributed by atoms with Crippen LogP contribution in [0.15, 0.2) is 48.5 Å². The molecule has 0 bridgehead atoms. The lowest BCUT2D eigenvalue weighted by Gasteiger charge is -2.28. The van der Waals surface area contributed by atoms with Crippen LogP contribution in [-0.2, 0) is 5.41 Å².